The minimum atomic E-state index is -0.743. The topological polar surface area (TPSA) is 118 Å². The lowest BCUT2D eigenvalue weighted by atomic mass is 10.1. The Kier molecular flexibility index (Phi) is 4.47. The molecule has 0 aromatic carbocycles. The third kappa shape index (κ3) is 2.88. The van der Waals surface area contributed by atoms with Gasteiger partial charge < -0.3 is 20.9 Å². The van der Waals surface area contributed by atoms with Crippen LogP contribution >= 0.6 is 0 Å². The molecule has 0 aliphatic carbocycles. The van der Waals surface area contributed by atoms with Crippen molar-refractivity contribution in [2.24, 2.45) is 0 Å². The summed E-state index contributed by atoms with van der Waals surface area (Å²) in [6.45, 7) is 3.62. The molecule has 7 nitrogen and oxygen atoms in total. The minimum Gasteiger partial charge on any atom is -0.462 e. The Morgan fingerprint density at radius 1 is 1.17 bits per heavy atom. The number of carbonyl (C=O) groups is 2. The number of hydrogen-bond donors (Lipinski definition) is 2. The van der Waals surface area contributed by atoms with Crippen LogP contribution in [-0.2, 0) is 9.47 Å². The number of nitrogens with two attached hydrogens (primary N) is 2. The summed E-state index contributed by atoms with van der Waals surface area (Å²) in [5.74, 6) is -1.47. The van der Waals surface area contributed by atoms with Crippen molar-refractivity contribution in [1.29, 1.82) is 0 Å². The highest BCUT2D eigenvalue weighted by Gasteiger charge is 2.22. The SMILES string of the molecule is CCOC(=O)c1cc(N)c(N)nc1C(=O)OCC. The molecular formula is C11H15N3O4. The van der Waals surface area contributed by atoms with Crippen LogP contribution in [0.5, 0.6) is 0 Å². The summed E-state index contributed by atoms with van der Waals surface area (Å²) in [6, 6.07) is 1.26. The maximum absolute atomic E-state index is 11.7. The van der Waals surface area contributed by atoms with Crippen LogP contribution in [0.15, 0.2) is 6.07 Å². The van der Waals surface area contributed by atoms with Gasteiger partial charge in [0, 0.05) is 0 Å². The number of ether oxygens (including phenoxy) is 2. The Balaban J connectivity index is 3.25. The van der Waals surface area contributed by atoms with Gasteiger partial charge in [0.25, 0.3) is 0 Å². The summed E-state index contributed by atoms with van der Waals surface area (Å²) < 4.78 is 9.59. The first-order chi connectivity index (χ1) is 8.51. The zero-order valence-corrected chi connectivity index (χ0v) is 10.2. The van der Waals surface area contributed by atoms with Gasteiger partial charge in [0.1, 0.15) is 5.82 Å². The third-order valence-corrected chi connectivity index (χ3v) is 2.05. The van der Waals surface area contributed by atoms with E-state index in [1.54, 1.807) is 13.8 Å². The van der Waals surface area contributed by atoms with Gasteiger partial charge in [-0.1, -0.05) is 0 Å². The Hall–Kier alpha value is -2.31. The maximum Gasteiger partial charge on any atom is 0.357 e. The molecule has 4 N–H and O–H groups in total. The van der Waals surface area contributed by atoms with E-state index in [0.29, 0.717) is 0 Å². The number of pyridine rings is 1. The van der Waals surface area contributed by atoms with E-state index in [4.69, 9.17) is 20.9 Å². The summed E-state index contributed by atoms with van der Waals surface area (Å²) in [6.07, 6.45) is 0. The molecule has 1 aromatic heterocycles. The van der Waals surface area contributed by atoms with Crippen LogP contribution in [0.2, 0.25) is 0 Å². The molecule has 1 aromatic rings. The van der Waals surface area contributed by atoms with Gasteiger partial charge in [-0.2, -0.15) is 0 Å². The van der Waals surface area contributed by atoms with Crippen molar-refractivity contribution in [2.75, 3.05) is 24.7 Å². The second-order valence-electron chi connectivity index (χ2n) is 3.30. The van der Waals surface area contributed by atoms with Crippen molar-refractivity contribution in [1.82, 2.24) is 4.98 Å². The largest absolute Gasteiger partial charge is 0.462 e. The molecular weight excluding hydrogens is 238 g/mol. The molecule has 0 fully saturated rings. The number of aromatic nitrogens is 1. The number of nitrogen functional groups attached to an aromatic ring is 2. The molecule has 0 bridgehead atoms. The summed E-state index contributed by atoms with van der Waals surface area (Å²) in [5.41, 5.74) is 10.9. The number of hydrogen-bond acceptors (Lipinski definition) is 7. The van der Waals surface area contributed by atoms with Crippen LogP contribution in [0, 0.1) is 0 Å². The standard InChI is InChI=1S/C11H15N3O4/c1-3-17-10(15)6-5-7(12)9(13)14-8(6)11(16)18-4-2/h5H,3-4,12H2,1-2H3,(H2,13,14). The van der Waals surface area contributed by atoms with Gasteiger partial charge in [0.15, 0.2) is 5.69 Å². The molecule has 0 unspecified atom stereocenters. The maximum atomic E-state index is 11.7. The third-order valence-electron chi connectivity index (χ3n) is 2.05. The fourth-order valence-corrected chi connectivity index (χ4v) is 1.26. The summed E-state index contributed by atoms with van der Waals surface area (Å²) >= 11 is 0. The molecule has 0 saturated carbocycles. The zero-order chi connectivity index (χ0) is 13.7. The molecule has 1 rings (SSSR count). The van der Waals surface area contributed by atoms with E-state index >= 15 is 0 Å². The van der Waals surface area contributed by atoms with E-state index in [1.807, 2.05) is 0 Å². The van der Waals surface area contributed by atoms with Crippen LogP contribution in [0.3, 0.4) is 0 Å². The Labute approximate surface area is 104 Å². The number of rotatable bonds is 4. The second-order valence-corrected chi connectivity index (χ2v) is 3.30. The number of nitrogens with zero attached hydrogens (tertiary/aromatic N) is 1. The lowest BCUT2D eigenvalue weighted by Gasteiger charge is -2.09. The van der Waals surface area contributed by atoms with Crippen LogP contribution < -0.4 is 11.5 Å². The lowest BCUT2D eigenvalue weighted by Crippen LogP contribution is -2.18. The monoisotopic (exact) mass is 253 g/mol. The van der Waals surface area contributed by atoms with Crippen molar-refractivity contribution in [3.05, 3.63) is 17.3 Å². The van der Waals surface area contributed by atoms with Gasteiger partial charge >= 0.3 is 11.9 Å². The average molecular weight is 253 g/mol. The Morgan fingerprint density at radius 3 is 2.28 bits per heavy atom. The molecule has 0 amide bonds. The number of anilines is 2. The van der Waals surface area contributed by atoms with E-state index in [9.17, 15) is 9.59 Å². The molecule has 0 spiro atoms. The first-order valence-electron chi connectivity index (χ1n) is 5.41. The van der Waals surface area contributed by atoms with Crippen molar-refractivity contribution >= 4 is 23.4 Å². The lowest BCUT2D eigenvalue weighted by molar-refractivity contribution is 0.0473. The molecule has 0 radical (unpaired) electrons. The van der Waals surface area contributed by atoms with Gasteiger partial charge in [-0.05, 0) is 19.9 Å². The van der Waals surface area contributed by atoms with Gasteiger partial charge in [0.2, 0.25) is 0 Å². The van der Waals surface area contributed by atoms with Crippen LogP contribution in [-0.4, -0.2) is 30.1 Å². The fraction of sp³-hybridized carbons (Fsp3) is 0.364. The fourth-order valence-electron chi connectivity index (χ4n) is 1.26. The minimum absolute atomic E-state index is 0.0360. The summed E-state index contributed by atoms with van der Waals surface area (Å²) in [5, 5.41) is 0. The van der Waals surface area contributed by atoms with Gasteiger partial charge in [-0.15, -0.1) is 0 Å². The highest BCUT2D eigenvalue weighted by atomic mass is 16.5. The van der Waals surface area contributed by atoms with Crippen LogP contribution in [0.4, 0.5) is 11.5 Å². The first-order valence-corrected chi connectivity index (χ1v) is 5.41. The predicted octanol–water partition coefficient (Wildman–Crippen LogP) is 0.599. The summed E-state index contributed by atoms with van der Waals surface area (Å²) in [4.78, 5) is 27.1. The molecule has 0 saturated heterocycles. The van der Waals surface area contributed by atoms with Crippen LogP contribution in [0.1, 0.15) is 34.7 Å². The molecule has 0 aliphatic heterocycles. The highest BCUT2D eigenvalue weighted by Crippen LogP contribution is 2.19. The smallest absolute Gasteiger partial charge is 0.357 e. The molecule has 0 atom stereocenters. The van der Waals surface area contributed by atoms with E-state index in [1.165, 1.54) is 6.07 Å². The second kappa shape index (κ2) is 5.85. The van der Waals surface area contributed by atoms with Crippen molar-refractivity contribution in [2.45, 2.75) is 13.8 Å². The molecule has 98 valence electrons. The number of carbonyl (C=O) groups excluding carboxylic acids is 2. The highest BCUT2D eigenvalue weighted by molar-refractivity contribution is 6.03. The van der Waals surface area contributed by atoms with Gasteiger partial charge in [-0.3, -0.25) is 0 Å². The molecule has 7 heteroatoms. The summed E-state index contributed by atoms with van der Waals surface area (Å²) in [7, 11) is 0. The quantitative estimate of drug-likeness (QED) is 0.754. The van der Waals surface area contributed by atoms with E-state index in [0.717, 1.165) is 0 Å². The Bertz CT molecular complexity index is 431. The van der Waals surface area contributed by atoms with E-state index in [2.05, 4.69) is 4.98 Å². The van der Waals surface area contributed by atoms with E-state index < -0.39 is 11.9 Å². The zero-order valence-electron chi connectivity index (χ0n) is 10.2. The van der Waals surface area contributed by atoms with Gasteiger partial charge in [-0.25, -0.2) is 14.6 Å². The van der Waals surface area contributed by atoms with Crippen molar-refractivity contribution in [3.8, 4) is 0 Å². The molecule has 1 heterocycles. The Morgan fingerprint density at radius 2 is 1.72 bits per heavy atom. The van der Waals surface area contributed by atoms with Gasteiger partial charge in [0.05, 0.1) is 24.5 Å². The van der Waals surface area contributed by atoms with Crippen molar-refractivity contribution in [3.63, 3.8) is 0 Å². The average Bonchev–Trinajstić information content (AvgIpc) is 2.32. The van der Waals surface area contributed by atoms with E-state index in [-0.39, 0.29) is 36.0 Å². The molecule has 0 aliphatic rings. The first kappa shape index (κ1) is 13.8. The number of esters is 2. The molecule has 18 heavy (non-hydrogen) atoms. The van der Waals surface area contributed by atoms with Crippen LogP contribution in [0.25, 0.3) is 0 Å². The van der Waals surface area contributed by atoms with Crippen molar-refractivity contribution < 1.29 is 19.1 Å². The predicted molar refractivity (Wildman–Crippen MR) is 65.0 cm³/mol. The normalized spacial score (nSPS) is 9.89.